The van der Waals surface area contributed by atoms with Crippen LogP contribution in [-0.2, 0) is 33.8 Å². The Morgan fingerprint density at radius 2 is 1.05 bits per heavy atom. The van der Waals surface area contributed by atoms with Crippen LogP contribution in [0.4, 0.5) is 0 Å². The van der Waals surface area contributed by atoms with Crippen molar-refractivity contribution in [3.05, 3.63) is 168 Å². The molecular formula is C47H48B2O9. The maximum atomic E-state index is 11.6. The second kappa shape index (κ2) is 18.6. The average Bonchev–Trinajstić information content (AvgIpc) is 3.70. The van der Waals surface area contributed by atoms with Gasteiger partial charge in [0.05, 0.1) is 17.8 Å². The summed E-state index contributed by atoms with van der Waals surface area (Å²) in [4.78, 5) is 11.6. The molecule has 0 amide bonds. The number of carbonyl (C=O) groups excluding carboxylic acids is 1. The van der Waals surface area contributed by atoms with Gasteiger partial charge in [-0.25, -0.2) is 0 Å². The number of ether oxygens (including phenoxy) is 4. The van der Waals surface area contributed by atoms with Crippen molar-refractivity contribution in [2.75, 3.05) is 0 Å². The number of hydrogen-bond acceptors (Lipinski definition) is 9. The van der Waals surface area contributed by atoms with E-state index in [1.807, 2.05) is 155 Å². The number of fused-ring (bicyclic) bond motifs is 1. The summed E-state index contributed by atoms with van der Waals surface area (Å²) in [5, 5.41) is 9.80. The zero-order valence-electron chi connectivity index (χ0n) is 32.4. The van der Waals surface area contributed by atoms with E-state index in [2.05, 4.69) is 0 Å². The molecule has 9 nitrogen and oxygen atoms in total. The summed E-state index contributed by atoms with van der Waals surface area (Å²) < 4.78 is 41.1. The molecule has 0 aliphatic carbocycles. The van der Waals surface area contributed by atoms with Gasteiger partial charge in [0.25, 0.3) is 0 Å². The number of carbonyl (C=O) groups is 1. The zero-order chi connectivity index (χ0) is 39.8. The molecule has 58 heavy (non-hydrogen) atoms. The minimum absolute atomic E-state index is 0. The summed E-state index contributed by atoms with van der Waals surface area (Å²) in [5.74, 6) is 4.00. The molecule has 0 saturated carbocycles. The van der Waals surface area contributed by atoms with Crippen LogP contribution in [0, 0.1) is 0 Å². The summed E-state index contributed by atoms with van der Waals surface area (Å²) in [7, 11) is -1.52. The Hall–Kier alpha value is -5.84. The molecule has 296 valence electrons. The van der Waals surface area contributed by atoms with Crippen molar-refractivity contribution in [1.82, 2.24) is 0 Å². The first-order valence-electron chi connectivity index (χ1n) is 18.8. The van der Waals surface area contributed by atoms with Crippen LogP contribution in [0.5, 0.6) is 34.5 Å². The molecular weight excluding hydrogens is 730 g/mol. The van der Waals surface area contributed by atoms with Gasteiger partial charge in [0.15, 0.2) is 0 Å². The van der Waals surface area contributed by atoms with Gasteiger partial charge in [0, 0.05) is 17.7 Å². The van der Waals surface area contributed by atoms with E-state index in [1.54, 1.807) is 18.2 Å². The lowest BCUT2D eigenvalue weighted by molar-refractivity contribution is 0.00578. The largest absolute Gasteiger partial charge is 0.495 e. The summed E-state index contributed by atoms with van der Waals surface area (Å²) >= 11 is 0. The van der Waals surface area contributed by atoms with E-state index in [1.165, 1.54) is 0 Å². The normalized spacial score (nSPS) is 14.6. The predicted molar refractivity (Wildman–Crippen MR) is 228 cm³/mol. The van der Waals surface area contributed by atoms with Crippen LogP contribution in [0.15, 0.2) is 146 Å². The number of benzene rings is 6. The van der Waals surface area contributed by atoms with E-state index < -0.39 is 25.4 Å². The Bertz CT molecular complexity index is 2270. The zero-order valence-corrected chi connectivity index (χ0v) is 32.4. The lowest BCUT2D eigenvalue weighted by atomic mass is 9.76. The van der Waals surface area contributed by atoms with Gasteiger partial charge < -0.3 is 37.9 Å². The van der Waals surface area contributed by atoms with Crippen molar-refractivity contribution in [2.45, 2.75) is 66.1 Å². The van der Waals surface area contributed by atoms with Crippen molar-refractivity contribution in [3.63, 3.8) is 0 Å². The second-order valence-corrected chi connectivity index (χ2v) is 14.7. The summed E-state index contributed by atoms with van der Waals surface area (Å²) in [6.45, 7) is 9.34. The van der Waals surface area contributed by atoms with E-state index in [4.69, 9.17) is 32.9 Å². The van der Waals surface area contributed by atoms with Crippen LogP contribution in [0.25, 0.3) is 0 Å². The molecule has 8 rings (SSSR count). The van der Waals surface area contributed by atoms with Gasteiger partial charge in [-0.2, -0.15) is 0 Å². The van der Waals surface area contributed by atoms with Crippen LogP contribution >= 0.6 is 0 Å². The van der Waals surface area contributed by atoms with Crippen molar-refractivity contribution in [1.29, 1.82) is 0 Å². The standard InChI is InChI=1S/C26H27BO5.C20H17BO4.CH4/c1-25(2)26(3,4)32-27(31-25)24-16-23(14-13-20(24)17-28)30-22-12-8-11-21(15-22)29-18-19-9-6-5-7-10-19;22-21-20-12-19(10-9-16(20)14-24-21)25-18-8-4-7-17(11-18)23-13-15-5-2-1-3-6-15;/h5-17H,18H2,1-4H3;1-12,22H,13-14H2;1H4. The lowest BCUT2D eigenvalue weighted by Gasteiger charge is -2.32. The van der Waals surface area contributed by atoms with Gasteiger partial charge in [-0.05, 0) is 110 Å². The van der Waals surface area contributed by atoms with Gasteiger partial charge in [0.1, 0.15) is 54.0 Å². The Balaban J connectivity index is 0.000000198. The van der Waals surface area contributed by atoms with Crippen molar-refractivity contribution in [2.24, 2.45) is 0 Å². The molecule has 1 saturated heterocycles. The number of aldehydes is 1. The topological polar surface area (TPSA) is 102 Å². The fourth-order valence-electron chi connectivity index (χ4n) is 6.16. The van der Waals surface area contributed by atoms with Crippen LogP contribution < -0.4 is 29.9 Å². The molecule has 0 radical (unpaired) electrons. The Morgan fingerprint density at radius 3 is 1.57 bits per heavy atom. The smallest absolute Gasteiger partial charge is 0.489 e. The van der Waals surface area contributed by atoms with E-state index >= 15 is 0 Å². The molecule has 6 aromatic rings. The van der Waals surface area contributed by atoms with E-state index in [0.29, 0.717) is 59.6 Å². The van der Waals surface area contributed by atoms with Gasteiger partial charge in [-0.3, -0.25) is 4.79 Å². The Labute approximate surface area is 341 Å². The van der Waals surface area contributed by atoms with E-state index in [0.717, 1.165) is 34.2 Å². The third-order valence-corrected chi connectivity index (χ3v) is 10.1. The SMILES string of the molecule is C.CC1(C)OB(c2cc(Oc3cccc(OCc4ccccc4)c3)ccc2C=O)OC1(C)C.OB1OCc2ccc(Oc3cccc(OCc4ccccc4)c3)cc21. The van der Waals surface area contributed by atoms with Crippen molar-refractivity contribution < 1.29 is 42.7 Å². The third-order valence-electron chi connectivity index (χ3n) is 10.1. The molecule has 2 aliphatic rings. The van der Waals surface area contributed by atoms with Gasteiger partial charge in [-0.15, -0.1) is 0 Å². The monoisotopic (exact) mass is 778 g/mol. The average molecular weight is 779 g/mol. The summed E-state index contributed by atoms with van der Waals surface area (Å²) in [5.41, 5.74) is 4.10. The first kappa shape index (κ1) is 41.8. The van der Waals surface area contributed by atoms with Crippen LogP contribution in [-0.4, -0.2) is 36.7 Å². The minimum Gasteiger partial charge on any atom is -0.489 e. The summed E-state index contributed by atoms with van der Waals surface area (Å²) in [6.07, 6.45) is 0.808. The van der Waals surface area contributed by atoms with Crippen LogP contribution in [0.1, 0.15) is 62.2 Å². The fourth-order valence-corrected chi connectivity index (χ4v) is 6.16. The van der Waals surface area contributed by atoms with Crippen molar-refractivity contribution >= 4 is 31.4 Å². The highest BCUT2D eigenvalue weighted by Gasteiger charge is 2.52. The first-order valence-corrected chi connectivity index (χ1v) is 18.8. The Kier molecular flexibility index (Phi) is 13.4. The highest BCUT2D eigenvalue weighted by Crippen LogP contribution is 2.37. The van der Waals surface area contributed by atoms with Gasteiger partial charge in [-0.1, -0.05) is 86.3 Å². The molecule has 1 fully saturated rings. The number of hydrogen-bond donors (Lipinski definition) is 1. The van der Waals surface area contributed by atoms with Gasteiger partial charge >= 0.3 is 14.2 Å². The quantitative estimate of drug-likeness (QED) is 0.0964. The Morgan fingerprint density at radius 1 is 0.586 bits per heavy atom. The molecule has 1 N–H and O–H groups in total. The number of rotatable bonds is 12. The maximum absolute atomic E-state index is 11.6. The molecule has 0 atom stereocenters. The van der Waals surface area contributed by atoms with Crippen LogP contribution in [0.2, 0.25) is 0 Å². The van der Waals surface area contributed by atoms with Crippen LogP contribution in [0.3, 0.4) is 0 Å². The maximum Gasteiger partial charge on any atom is 0.495 e. The molecule has 6 aromatic carbocycles. The molecule has 0 bridgehead atoms. The highest BCUT2D eigenvalue weighted by atomic mass is 16.7. The molecule has 2 aliphatic heterocycles. The molecule has 2 heterocycles. The predicted octanol–water partition coefficient (Wildman–Crippen LogP) is 9.08. The van der Waals surface area contributed by atoms with E-state index in [9.17, 15) is 9.82 Å². The minimum atomic E-state index is -0.876. The lowest BCUT2D eigenvalue weighted by Crippen LogP contribution is -2.41. The highest BCUT2D eigenvalue weighted by molar-refractivity contribution is 6.63. The molecule has 0 spiro atoms. The van der Waals surface area contributed by atoms with Gasteiger partial charge in [0.2, 0.25) is 0 Å². The molecule has 11 heteroatoms. The van der Waals surface area contributed by atoms with E-state index in [-0.39, 0.29) is 7.43 Å². The third kappa shape index (κ3) is 10.4. The first-order chi connectivity index (χ1) is 27.5. The summed E-state index contributed by atoms with van der Waals surface area (Å²) in [6, 6.07) is 45.9. The fraction of sp³-hybridized carbons (Fsp3) is 0.213. The van der Waals surface area contributed by atoms with Crippen molar-refractivity contribution in [3.8, 4) is 34.5 Å². The molecule has 0 aromatic heterocycles. The second-order valence-electron chi connectivity index (χ2n) is 14.7. The molecule has 0 unspecified atom stereocenters.